The maximum atomic E-state index is 12.5. The first kappa shape index (κ1) is 19.1. The molecule has 2 aromatic carbocycles. The molecule has 1 amide bonds. The van der Waals surface area contributed by atoms with Crippen LogP contribution in [0.5, 0.6) is 0 Å². The number of piperazine rings is 1. The summed E-state index contributed by atoms with van der Waals surface area (Å²) in [7, 11) is 0. The highest BCUT2D eigenvalue weighted by Crippen LogP contribution is 2.29. The monoisotopic (exact) mass is 377 g/mol. The van der Waals surface area contributed by atoms with Crippen LogP contribution in [-0.4, -0.2) is 43.5 Å². The van der Waals surface area contributed by atoms with Crippen molar-refractivity contribution in [2.75, 3.05) is 42.9 Å². The van der Waals surface area contributed by atoms with Crippen molar-refractivity contribution in [3.63, 3.8) is 0 Å². The molecule has 0 bridgehead atoms. The van der Waals surface area contributed by atoms with Gasteiger partial charge in [-0.05, 0) is 36.4 Å². The second-order valence-electron chi connectivity index (χ2n) is 6.46. The fourth-order valence-electron chi connectivity index (χ4n) is 3.10. The summed E-state index contributed by atoms with van der Waals surface area (Å²) in [6, 6.07) is 14.9. The number of carbonyl (C=O) groups is 1. The maximum absolute atomic E-state index is 12.5. The van der Waals surface area contributed by atoms with Gasteiger partial charge in [-0.25, -0.2) is 0 Å². The number of amides is 1. The fourth-order valence-corrected chi connectivity index (χ4v) is 3.10. The van der Waals surface area contributed by atoms with Crippen LogP contribution in [0.2, 0.25) is 0 Å². The van der Waals surface area contributed by atoms with E-state index in [9.17, 15) is 18.0 Å². The number of nitrogens with one attached hydrogen (secondary N) is 1. The SMILES string of the molecule is O=C(CCNc1ccc(C(F)(F)F)cc1)N1CCN(c2ccccc2)CC1. The number of carbonyl (C=O) groups excluding carboxylic acids is 1. The Morgan fingerprint density at radius 1 is 0.926 bits per heavy atom. The van der Waals surface area contributed by atoms with Crippen LogP contribution in [0, 0.1) is 0 Å². The highest BCUT2D eigenvalue weighted by atomic mass is 19.4. The molecular formula is C20H22F3N3O. The van der Waals surface area contributed by atoms with Gasteiger partial charge in [-0.1, -0.05) is 18.2 Å². The van der Waals surface area contributed by atoms with Gasteiger partial charge >= 0.3 is 6.18 Å². The third kappa shape index (κ3) is 5.15. The molecule has 4 nitrogen and oxygen atoms in total. The molecule has 1 aliphatic rings. The lowest BCUT2D eigenvalue weighted by molar-refractivity contribution is -0.137. The number of alkyl halides is 3. The number of halogens is 3. The Bertz CT molecular complexity index is 739. The van der Waals surface area contributed by atoms with Gasteiger partial charge in [-0.15, -0.1) is 0 Å². The standard InChI is InChI=1S/C20H22F3N3O/c21-20(22,23)16-6-8-17(9-7-16)24-11-10-19(27)26-14-12-25(13-15-26)18-4-2-1-3-5-18/h1-9,24H,10-15H2. The molecule has 1 aliphatic heterocycles. The summed E-state index contributed by atoms with van der Waals surface area (Å²) >= 11 is 0. The van der Waals surface area contributed by atoms with Crippen molar-refractivity contribution in [2.24, 2.45) is 0 Å². The smallest absolute Gasteiger partial charge is 0.385 e. The van der Waals surface area contributed by atoms with Crippen molar-refractivity contribution >= 4 is 17.3 Å². The largest absolute Gasteiger partial charge is 0.416 e. The van der Waals surface area contributed by atoms with Crippen molar-refractivity contribution in [3.05, 3.63) is 60.2 Å². The average Bonchev–Trinajstić information content (AvgIpc) is 2.68. The predicted molar refractivity (Wildman–Crippen MR) is 99.8 cm³/mol. The summed E-state index contributed by atoms with van der Waals surface area (Å²) in [6.07, 6.45) is -4.03. The molecule has 1 N–H and O–H groups in total. The topological polar surface area (TPSA) is 35.6 Å². The van der Waals surface area contributed by atoms with E-state index >= 15 is 0 Å². The molecule has 0 aliphatic carbocycles. The molecule has 3 rings (SSSR count). The lowest BCUT2D eigenvalue weighted by atomic mass is 10.2. The summed E-state index contributed by atoms with van der Waals surface area (Å²) in [4.78, 5) is 16.4. The highest BCUT2D eigenvalue weighted by molar-refractivity contribution is 5.77. The van der Waals surface area contributed by atoms with Gasteiger partial charge in [-0.3, -0.25) is 4.79 Å². The highest BCUT2D eigenvalue weighted by Gasteiger charge is 2.29. The van der Waals surface area contributed by atoms with Crippen molar-refractivity contribution in [2.45, 2.75) is 12.6 Å². The summed E-state index contributed by atoms with van der Waals surface area (Å²) < 4.78 is 37.6. The number of para-hydroxylation sites is 1. The number of hydrogen-bond donors (Lipinski definition) is 1. The van der Waals surface area contributed by atoms with Gasteiger partial charge in [-0.2, -0.15) is 13.2 Å². The third-order valence-corrected chi connectivity index (χ3v) is 4.63. The molecule has 144 valence electrons. The van der Waals surface area contributed by atoms with E-state index in [0.29, 0.717) is 31.7 Å². The van der Waals surface area contributed by atoms with Crippen LogP contribution >= 0.6 is 0 Å². The van der Waals surface area contributed by atoms with Crippen LogP contribution in [-0.2, 0) is 11.0 Å². The average molecular weight is 377 g/mol. The summed E-state index contributed by atoms with van der Waals surface area (Å²) in [5.74, 6) is 0.0575. The minimum Gasteiger partial charge on any atom is -0.385 e. The van der Waals surface area contributed by atoms with Crippen LogP contribution in [0.1, 0.15) is 12.0 Å². The summed E-state index contributed by atoms with van der Waals surface area (Å²) in [6.45, 7) is 3.33. The molecule has 0 radical (unpaired) electrons. The van der Waals surface area contributed by atoms with Crippen molar-refractivity contribution in [1.82, 2.24) is 4.90 Å². The molecule has 0 spiro atoms. The van der Waals surface area contributed by atoms with E-state index in [4.69, 9.17) is 0 Å². The lowest BCUT2D eigenvalue weighted by Crippen LogP contribution is -2.49. The van der Waals surface area contributed by atoms with Crippen molar-refractivity contribution in [1.29, 1.82) is 0 Å². The van der Waals surface area contributed by atoms with E-state index in [1.165, 1.54) is 12.1 Å². The van der Waals surface area contributed by atoms with E-state index in [-0.39, 0.29) is 5.91 Å². The predicted octanol–water partition coefficient (Wildman–Crippen LogP) is 3.86. The molecule has 0 unspecified atom stereocenters. The molecule has 7 heteroatoms. The quantitative estimate of drug-likeness (QED) is 0.860. The molecule has 2 aromatic rings. The van der Waals surface area contributed by atoms with E-state index in [2.05, 4.69) is 22.3 Å². The van der Waals surface area contributed by atoms with Crippen LogP contribution in [0.4, 0.5) is 24.5 Å². The molecule has 27 heavy (non-hydrogen) atoms. The molecule has 0 saturated carbocycles. The van der Waals surface area contributed by atoms with Gasteiger partial charge in [0.05, 0.1) is 5.56 Å². The Kier molecular flexibility index (Phi) is 5.88. The second-order valence-corrected chi connectivity index (χ2v) is 6.46. The zero-order valence-electron chi connectivity index (χ0n) is 14.9. The van der Waals surface area contributed by atoms with E-state index in [0.717, 1.165) is 30.9 Å². The molecule has 1 fully saturated rings. The van der Waals surface area contributed by atoms with Crippen LogP contribution in [0.25, 0.3) is 0 Å². The minimum atomic E-state index is -4.34. The molecule has 0 atom stereocenters. The first-order valence-corrected chi connectivity index (χ1v) is 8.92. The van der Waals surface area contributed by atoms with Crippen LogP contribution in [0.15, 0.2) is 54.6 Å². The Balaban J connectivity index is 1.41. The Labute approximate surface area is 156 Å². The first-order chi connectivity index (χ1) is 12.9. The Morgan fingerprint density at radius 3 is 2.15 bits per heavy atom. The fraction of sp³-hybridized carbons (Fsp3) is 0.350. The number of anilines is 2. The van der Waals surface area contributed by atoms with E-state index < -0.39 is 11.7 Å². The van der Waals surface area contributed by atoms with Gasteiger partial charge < -0.3 is 15.1 Å². The number of hydrogen-bond acceptors (Lipinski definition) is 3. The molecular weight excluding hydrogens is 355 g/mol. The first-order valence-electron chi connectivity index (χ1n) is 8.92. The minimum absolute atomic E-state index is 0.0575. The van der Waals surface area contributed by atoms with Crippen molar-refractivity contribution < 1.29 is 18.0 Å². The van der Waals surface area contributed by atoms with Gasteiger partial charge in [0.2, 0.25) is 5.91 Å². The third-order valence-electron chi connectivity index (χ3n) is 4.63. The van der Waals surface area contributed by atoms with E-state index in [1.54, 1.807) is 0 Å². The molecule has 1 heterocycles. The zero-order valence-corrected chi connectivity index (χ0v) is 14.9. The zero-order chi connectivity index (χ0) is 19.3. The summed E-state index contributed by atoms with van der Waals surface area (Å²) in [5.41, 5.74) is 1.05. The van der Waals surface area contributed by atoms with E-state index in [1.807, 2.05) is 23.1 Å². The van der Waals surface area contributed by atoms with Crippen LogP contribution < -0.4 is 10.2 Å². The number of nitrogens with zero attached hydrogens (tertiary/aromatic N) is 2. The van der Waals surface area contributed by atoms with Crippen LogP contribution in [0.3, 0.4) is 0 Å². The normalized spacial score (nSPS) is 14.9. The summed E-state index contributed by atoms with van der Waals surface area (Å²) in [5, 5.41) is 3.00. The number of rotatable bonds is 5. The van der Waals surface area contributed by atoms with Gasteiger partial charge in [0.1, 0.15) is 0 Å². The van der Waals surface area contributed by atoms with Gasteiger partial charge in [0, 0.05) is 50.5 Å². The number of benzene rings is 2. The molecule has 0 aromatic heterocycles. The van der Waals surface area contributed by atoms with Crippen molar-refractivity contribution in [3.8, 4) is 0 Å². The van der Waals surface area contributed by atoms with Gasteiger partial charge in [0.15, 0.2) is 0 Å². The maximum Gasteiger partial charge on any atom is 0.416 e. The Hall–Kier alpha value is -2.70. The lowest BCUT2D eigenvalue weighted by Gasteiger charge is -2.36. The second kappa shape index (κ2) is 8.33. The Morgan fingerprint density at radius 2 is 1.56 bits per heavy atom. The molecule has 1 saturated heterocycles. The van der Waals surface area contributed by atoms with Gasteiger partial charge in [0.25, 0.3) is 0 Å².